The number of carbonyl (C=O) groups excluding carboxylic acids is 1. The van der Waals surface area contributed by atoms with Crippen LogP contribution in [-0.2, 0) is 13.1 Å². The van der Waals surface area contributed by atoms with Crippen LogP contribution in [0, 0.1) is 0 Å². The maximum Gasteiger partial charge on any atom is 0.255 e. The lowest BCUT2D eigenvalue weighted by Gasteiger charge is -2.10. The summed E-state index contributed by atoms with van der Waals surface area (Å²) in [6.45, 7) is 3.27. The lowest BCUT2D eigenvalue weighted by Crippen LogP contribution is -2.27. The zero-order valence-electron chi connectivity index (χ0n) is 16.2. The molecule has 6 nitrogen and oxygen atoms in total. The number of aryl methyl sites for hydroxylation is 1. The fraction of sp³-hybridized carbons (Fsp3) is 0.174. The summed E-state index contributed by atoms with van der Waals surface area (Å²) in [4.78, 5) is 29.6. The van der Waals surface area contributed by atoms with Gasteiger partial charge in [0.25, 0.3) is 11.5 Å². The Kier molecular flexibility index (Phi) is 5.24. The van der Waals surface area contributed by atoms with Gasteiger partial charge in [-0.3, -0.25) is 14.2 Å². The van der Waals surface area contributed by atoms with Crippen molar-refractivity contribution < 1.29 is 4.79 Å². The van der Waals surface area contributed by atoms with E-state index in [1.165, 1.54) is 10.6 Å². The van der Waals surface area contributed by atoms with Gasteiger partial charge in [-0.2, -0.15) is 0 Å². The van der Waals surface area contributed by atoms with Crippen LogP contribution in [0.25, 0.3) is 16.7 Å². The quantitative estimate of drug-likeness (QED) is 0.551. The molecule has 2 aromatic heterocycles. The van der Waals surface area contributed by atoms with Crippen molar-refractivity contribution in [2.75, 3.05) is 0 Å². The number of nitrogens with one attached hydrogen (secondary N) is 1. The molecule has 0 aliphatic heterocycles. The van der Waals surface area contributed by atoms with E-state index in [1.54, 1.807) is 12.3 Å². The van der Waals surface area contributed by atoms with E-state index in [1.807, 2.05) is 54.6 Å². The fourth-order valence-corrected chi connectivity index (χ4v) is 3.41. The predicted molar refractivity (Wildman–Crippen MR) is 113 cm³/mol. The van der Waals surface area contributed by atoms with Crippen molar-refractivity contribution in [3.63, 3.8) is 0 Å². The van der Waals surface area contributed by atoms with Crippen molar-refractivity contribution in [2.45, 2.75) is 26.4 Å². The molecule has 146 valence electrons. The van der Waals surface area contributed by atoms with Gasteiger partial charge in [0.1, 0.15) is 5.82 Å². The number of para-hydroxylation sites is 3. The summed E-state index contributed by atoms with van der Waals surface area (Å²) in [5, 5.41) is 2.94. The van der Waals surface area contributed by atoms with Gasteiger partial charge in [0.2, 0.25) is 0 Å². The molecule has 0 unspecified atom stereocenters. The first-order valence-corrected chi connectivity index (χ1v) is 9.68. The number of aromatic nitrogens is 3. The number of pyridine rings is 1. The number of hydrogen-bond acceptors (Lipinski definition) is 3. The lowest BCUT2D eigenvalue weighted by molar-refractivity contribution is 0.0949. The molecule has 0 saturated heterocycles. The van der Waals surface area contributed by atoms with Gasteiger partial charge in [-0.05, 0) is 36.8 Å². The van der Waals surface area contributed by atoms with Crippen molar-refractivity contribution in [3.05, 3.63) is 94.7 Å². The molecule has 0 bridgehead atoms. The molecule has 4 aromatic rings. The van der Waals surface area contributed by atoms with Crippen molar-refractivity contribution in [1.82, 2.24) is 19.4 Å². The molecule has 0 fully saturated rings. The first kappa shape index (κ1) is 18.7. The Balaban J connectivity index is 1.57. The minimum absolute atomic E-state index is 0.183. The molecule has 4 rings (SSSR count). The maximum atomic E-state index is 12.7. The number of nitrogens with zero attached hydrogens (tertiary/aromatic N) is 3. The smallest absolute Gasteiger partial charge is 0.255 e. The number of imidazole rings is 1. The Morgan fingerprint density at radius 1 is 1.00 bits per heavy atom. The SMILES string of the molecule is CCCn1c(CNC(=O)c2ccc(=O)n(-c3ccccc3)c2)nc2ccccc21. The van der Waals surface area contributed by atoms with Gasteiger partial charge in [-0.25, -0.2) is 4.98 Å². The van der Waals surface area contributed by atoms with E-state index in [9.17, 15) is 9.59 Å². The van der Waals surface area contributed by atoms with Gasteiger partial charge >= 0.3 is 0 Å². The van der Waals surface area contributed by atoms with Gasteiger partial charge < -0.3 is 9.88 Å². The first-order valence-electron chi connectivity index (χ1n) is 9.68. The first-order chi connectivity index (χ1) is 14.2. The Morgan fingerprint density at radius 3 is 2.55 bits per heavy atom. The molecule has 0 aliphatic carbocycles. The van der Waals surface area contributed by atoms with Crippen LogP contribution >= 0.6 is 0 Å². The molecule has 0 radical (unpaired) electrons. The van der Waals surface area contributed by atoms with Gasteiger partial charge in [-0.1, -0.05) is 37.3 Å². The second-order valence-electron chi connectivity index (χ2n) is 6.81. The van der Waals surface area contributed by atoms with Crippen LogP contribution in [0.2, 0.25) is 0 Å². The third kappa shape index (κ3) is 3.82. The second-order valence-corrected chi connectivity index (χ2v) is 6.81. The van der Waals surface area contributed by atoms with Crippen LogP contribution in [0.15, 0.2) is 77.7 Å². The zero-order valence-corrected chi connectivity index (χ0v) is 16.2. The van der Waals surface area contributed by atoms with Crippen molar-refractivity contribution in [2.24, 2.45) is 0 Å². The van der Waals surface area contributed by atoms with Crippen LogP contribution in [0.1, 0.15) is 29.5 Å². The largest absolute Gasteiger partial charge is 0.345 e. The Morgan fingerprint density at radius 2 is 1.76 bits per heavy atom. The molecule has 0 atom stereocenters. The monoisotopic (exact) mass is 386 g/mol. The normalized spacial score (nSPS) is 10.9. The molecule has 0 spiro atoms. The van der Waals surface area contributed by atoms with E-state index in [2.05, 4.69) is 21.8 Å². The average Bonchev–Trinajstić information content (AvgIpc) is 3.11. The summed E-state index contributed by atoms with van der Waals surface area (Å²) >= 11 is 0. The highest BCUT2D eigenvalue weighted by molar-refractivity contribution is 5.93. The Bertz CT molecular complexity index is 1210. The summed E-state index contributed by atoms with van der Waals surface area (Å²) in [5.74, 6) is 0.572. The molecular weight excluding hydrogens is 364 g/mol. The minimum atomic E-state index is -0.246. The van der Waals surface area contributed by atoms with E-state index in [-0.39, 0.29) is 11.5 Å². The number of carbonyl (C=O) groups is 1. The van der Waals surface area contributed by atoms with E-state index in [0.717, 1.165) is 35.5 Å². The van der Waals surface area contributed by atoms with Crippen LogP contribution in [0.3, 0.4) is 0 Å². The van der Waals surface area contributed by atoms with Crippen LogP contribution in [0.5, 0.6) is 0 Å². The highest BCUT2D eigenvalue weighted by atomic mass is 16.2. The second kappa shape index (κ2) is 8.14. The summed E-state index contributed by atoms with van der Waals surface area (Å²) < 4.78 is 3.61. The van der Waals surface area contributed by atoms with E-state index in [4.69, 9.17) is 0 Å². The van der Waals surface area contributed by atoms with Crippen molar-refractivity contribution >= 4 is 16.9 Å². The fourth-order valence-electron chi connectivity index (χ4n) is 3.41. The van der Waals surface area contributed by atoms with Gasteiger partial charge in [0, 0.05) is 24.5 Å². The van der Waals surface area contributed by atoms with Crippen LogP contribution < -0.4 is 10.9 Å². The highest BCUT2D eigenvalue weighted by Crippen LogP contribution is 2.16. The number of amides is 1. The molecule has 1 N–H and O–H groups in total. The predicted octanol–water partition coefficient (Wildman–Crippen LogP) is 3.53. The minimum Gasteiger partial charge on any atom is -0.345 e. The molecule has 2 aromatic carbocycles. The third-order valence-electron chi connectivity index (χ3n) is 4.80. The van der Waals surface area contributed by atoms with Gasteiger partial charge in [0.15, 0.2) is 0 Å². The Hall–Kier alpha value is -3.67. The van der Waals surface area contributed by atoms with Gasteiger partial charge in [-0.15, -0.1) is 0 Å². The van der Waals surface area contributed by atoms with Crippen molar-refractivity contribution in [3.8, 4) is 5.69 Å². The highest BCUT2D eigenvalue weighted by Gasteiger charge is 2.13. The molecule has 0 aliphatic rings. The van der Waals surface area contributed by atoms with Gasteiger partial charge in [0.05, 0.1) is 23.1 Å². The number of hydrogen-bond donors (Lipinski definition) is 1. The number of fused-ring (bicyclic) bond motifs is 1. The summed E-state index contributed by atoms with van der Waals surface area (Å²) in [6, 6.07) is 20.2. The van der Waals surface area contributed by atoms with Crippen LogP contribution in [-0.4, -0.2) is 20.0 Å². The van der Waals surface area contributed by atoms with Crippen LogP contribution in [0.4, 0.5) is 0 Å². The summed E-state index contributed by atoms with van der Waals surface area (Å²) in [5.41, 5.74) is 2.94. The van der Waals surface area contributed by atoms with E-state index in [0.29, 0.717) is 12.1 Å². The maximum absolute atomic E-state index is 12.7. The topological polar surface area (TPSA) is 68.9 Å². The average molecular weight is 386 g/mol. The van der Waals surface area contributed by atoms with Crippen molar-refractivity contribution in [1.29, 1.82) is 0 Å². The van der Waals surface area contributed by atoms with E-state index >= 15 is 0 Å². The molecule has 2 heterocycles. The van der Waals surface area contributed by atoms with E-state index < -0.39 is 0 Å². The molecule has 6 heteroatoms. The Labute approximate surface area is 168 Å². The standard InChI is InChI=1S/C23H22N4O2/c1-2-14-26-20-11-7-6-10-19(20)25-21(26)15-24-23(29)17-12-13-22(28)27(16-17)18-8-4-3-5-9-18/h3-13,16H,2,14-15H2,1H3,(H,24,29). The third-order valence-corrected chi connectivity index (χ3v) is 4.80. The summed E-state index contributed by atoms with van der Waals surface area (Å²) in [6.07, 6.45) is 2.55. The lowest BCUT2D eigenvalue weighted by atomic mass is 10.2. The molecule has 0 saturated carbocycles. The molecule has 29 heavy (non-hydrogen) atoms. The zero-order chi connectivity index (χ0) is 20.2. The molecular formula is C23H22N4O2. The molecule has 1 amide bonds. The summed E-state index contributed by atoms with van der Waals surface area (Å²) in [7, 11) is 0. The number of rotatable bonds is 6. The number of benzene rings is 2.